The van der Waals surface area contributed by atoms with E-state index >= 15 is 0 Å². The minimum absolute atomic E-state index is 0.0710. The van der Waals surface area contributed by atoms with Gasteiger partial charge in [0.05, 0.1) is 0 Å². The van der Waals surface area contributed by atoms with Crippen LogP contribution in [-0.4, -0.2) is 14.7 Å². The van der Waals surface area contributed by atoms with Gasteiger partial charge in [-0.25, -0.2) is 9.79 Å². The third-order valence-corrected chi connectivity index (χ3v) is 1.86. The second-order valence-electron chi connectivity index (χ2n) is 2.50. The van der Waals surface area contributed by atoms with Crippen LogP contribution in [-0.2, 0) is 7.05 Å². The van der Waals surface area contributed by atoms with Crippen LogP contribution in [0.5, 0.6) is 0 Å². The molecule has 6 nitrogen and oxygen atoms in total. The Balaban J connectivity index is 3.21. The third-order valence-electron chi connectivity index (χ3n) is 1.68. The molecule has 66 valence electrons. The SMILES string of the molecule is Cn1c(=O)[nH]c(=O)c2c1=NC(=S)N=2. The van der Waals surface area contributed by atoms with Crippen LogP contribution < -0.4 is 22.1 Å². The molecule has 0 radical (unpaired) electrons. The number of aromatic amines is 1. The summed E-state index contributed by atoms with van der Waals surface area (Å²) < 4.78 is 1.19. The number of nitrogens with zero attached hydrogens (tertiary/aromatic N) is 3. The Bertz CT molecular complexity index is 624. The fraction of sp³-hybridized carbons (Fsp3) is 0.167. The maximum Gasteiger partial charge on any atom is 0.329 e. The minimum atomic E-state index is -0.554. The van der Waals surface area contributed by atoms with Crippen LogP contribution in [0.4, 0.5) is 0 Å². The van der Waals surface area contributed by atoms with Gasteiger partial charge in [0.1, 0.15) is 0 Å². The van der Waals surface area contributed by atoms with E-state index < -0.39 is 11.2 Å². The second kappa shape index (κ2) is 2.43. The predicted octanol–water partition coefficient (Wildman–Crippen LogP) is -2.39. The molecule has 0 saturated heterocycles. The average molecular weight is 196 g/mol. The summed E-state index contributed by atoms with van der Waals surface area (Å²) in [6.07, 6.45) is 0. The van der Waals surface area contributed by atoms with Crippen LogP contribution in [0.25, 0.3) is 0 Å². The molecule has 0 atom stereocenters. The number of thiocarbonyl (C=S) groups is 1. The van der Waals surface area contributed by atoms with Crippen molar-refractivity contribution in [3.8, 4) is 0 Å². The molecule has 0 bridgehead atoms. The largest absolute Gasteiger partial charge is 0.329 e. The van der Waals surface area contributed by atoms with Crippen molar-refractivity contribution in [3.05, 3.63) is 31.7 Å². The fourth-order valence-electron chi connectivity index (χ4n) is 1.04. The predicted molar refractivity (Wildman–Crippen MR) is 47.2 cm³/mol. The molecular formula is C6H4N4O2S. The number of nitrogens with one attached hydrogen (secondary N) is 1. The fourth-order valence-corrected chi connectivity index (χ4v) is 1.21. The van der Waals surface area contributed by atoms with Gasteiger partial charge >= 0.3 is 5.69 Å². The van der Waals surface area contributed by atoms with Gasteiger partial charge in [-0.3, -0.25) is 14.3 Å². The van der Waals surface area contributed by atoms with E-state index in [2.05, 4.69) is 27.2 Å². The molecule has 0 spiro atoms. The molecule has 2 rings (SSSR count). The smallest absolute Gasteiger partial charge is 0.279 e. The molecule has 0 saturated carbocycles. The Labute approximate surface area is 76.3 Å². The summed E-state index contributed by atoms with van der Waals surface area (Å²) in [5.74, 6) is 0. The minimum Gasteiger partial charge on any atom is -0.279 e. The number of fused-ring (bicyclic) bond motifs is 1. The molecule has 0 aromatic carbocycles. The normalized spacial score (nSPS) is 13.5. The Hall–Kier alpha value is -1.63. The molecule has 0 fully saturated rings. The summed E-state index contributed by atoms with van der Waals surface area (Å²) in [7, 11) is 1.49. The zero-order chi connectivity index (χ0) is 9.59. The first-order chi connectivity index (χ1) is 6.09. The monoisotopic (exact) mass is 196 g/mol. The number of hydrogen-bond acceptors (Lipinski definition) is 3. The quantitative estimate of drug-likeness (QED) is 0.470. The van der Waals surface area contributed by atoms with Crippen LogP contribution in [0.1, 0.15) is 0 Å². The van der Waals surface area contributed by atoms with Gasteiger partial charge in [0, 0.05) is 7.05 Å². The molecule has 7 heteroatoms. The maximum absolute atomic E-state index is 11.1. The average Bonchev–Trinajstić information content (AvgIpc) is 2.44. The summed E-state index contributed by atoms with van der Waals surface area (Å²) in [4.78, 5) is 31.8. The van der Waals surface area contributed by atoms with Crippen molar-refractivity contribution in [1.29, 1.82) is 0 Å². The number of aromatic nitrogens is 2. The molecule has 1 aliphatic rings. The highest BCUT2D eigenvalue weighted by Crippen LogP contribution is 1.80. The molecule has 1 N–H and O–H groups in total. The molecule has 1 aliphatic heterocycles. The van der Waals surface area contributed by atoms with Gasteiger partial charge in [0.2, 0.25) is 5.11 Å². The highest BCUT2D eigenvalue weighted by Gasteiger charge is 2.08. The third kappa shape index (κ3) is 1.04. The highest BCUT2D eigenvalue weighted by molar-refractivity contribution is 7.80. The molecule has 13 heavy (non-hydrogen) atoms. The first-order valence-electron chi connectivity index (χ1n) is 3.40. The highest BCUT2D eigenvalue weighted by atomic mass is 32.1. The molecule has 0 amide bonds. The van der Waals surface area contributed by atoms with Crippen molar-refractivity contribution in [2.75, 3.05) is 0 Å². The van der Waals surface area contributed by atoms with Gasteiger partial charge in [-0.1, -0.05) is 0 Å². The standard InChI is InChI=1S/C6H4N4O2S/c1-10-3-2(7-5(13)8-3)4(11)9-6(10)12/h1H3,(H,9,11,12). The summed E-state index contributed by atoms with van der Waals surface area (Å²) >= 11 is 4.69. The van der Waals surface area contributed by atoms with Crippen molar-refractivity contribution in [2.45, 2.75) is 0 Å². The summed E-state index contributed by atoms with van der Waals surface area (Å²) in [5.41, 5.74) is -0.854. The van der Waals surface area contributed by atoms with Crippen molar-refractivity contribution >= 4 is 17.3 Å². The van der Waals surface area contributed by atoms with Crippen LogP contribution in [0.3, 0.4) is 0 Å². The molecule has 0 unspecified atom stereocenters. The maximum atomic E-state index is 11.1. The Morgan fingerprint density at radius 2 is 2.08 bits per heavy atom. The van der Waals surface area contributed by atoms with Crippen molar-refractivity contribution in [2.24, 2.45) is 17.0 Å². The Morgan fingerprint density at radius 1 is 1.38 bits per heavy atom. The van der Waals surface area contributed by atoms with Crippen LogP contribution >= 0.6 is 12.2 Å². The van der Waals surface area contributed by atoms with Crippen molar-refractivity contribution in [3.63, 3.8) is 0 Å². The van der Waals surface area contributed by atoms with Crippen molar-refractivity contribution in [1.82, 2.24) is 9.55 Å². The molecule has 1 aromatic rings. The van der Waals surface area contributed by atoms with Gasteiger partial charge in [0.25, 0.3) is 5.56 Å². The Morgan fingerprint density at radius 3 is 2.77 bits per heavy atom. The summed E-state index contributed by atoms with van der Waals surface area (Å²) in [6.45, 7) is 0. The topological polar surface area (TPSA) is 79.6 Å². The van der Waals surface area contributed by atoms with Gasteiger partial charge in [-0.05, 0) is 12.2 Å². The summed E-state index contributed by atoms with van der Waals surface area (Å²) in [5, 5.41) is 0.175. The van der Waals surface area contributed by atoms with Gasteiger partial charge in [0.15, 0.2) is 10.8 Å². The van der Waals surface area contributed by atoms with Gasteiger partial charge in [-0.15, -0.1) is 0 Å². The first-order valence-corrected chi connectivity index (χ1v) is 3.81. The molecule has 2 heterocycles. The number of rotatable bonds is 0. The van der Waals surface area contributed by atoms with Crippen LogP contribution in [0.2, 0.25) is 0 Å². The van der Waals surface area contributed by atoms with Crippen LogP contribution in [0.15, 0.2) is 19.6 Å². The lowest BCUT2D eigenvalue weighted by Gasteiger charge is -1.91. The van der Waals surface area contributed by atoms with Crippen LogP contribution in [0, 0.1) is 0 Å². The molecular weight excluding hydrogens is 192 g/mol. The van der Waals surface area contributed by atoms with Gasteiger partial charge < -0.3 is 0 Å². The lowest BCUT2D eigenvalue weighted by molar-refractivity contribution is 0.740. The van der Waals surface area contributed by atoms with Crippen molar-refractivity contribution < 1.29 is 0 Å². The van der Waals surface area contributed by atoms with E-state index in [9.17, 15) is 9.59 Å². The molecule has 1 aromatic heterocycles. The summed E-state index contributed by atoms with van der Waals surface area (Å²) in [6, 6.07) is 0. The zero-order valence-electron chi connectivity index (χ0n) is 6.57. The second-order valence-corrected chi connectivity index (χ2v) is 2.86. The van der Waals surface area contributed by atoms with E-state index in [-0.39, 0.29) is 16.0 Å². The lowest BCUT2D eigenvalue weighted by atomic mass is 10.6. The van der Waals surface area contributed by atoms with E-state index in [0.717, 1.165) is 0 Å². The van der Waals surface area contributed by atoms with E-state index in [0.29, 0.717) is 0 Å². The number of hydrogen-bond donors (Lipinski definition) is 1. The van der Waals surface area contributed by atoms with Gasteiger partial charge in [-0.2, -0.15) is 4.99 Å². The molecule has 0 aliphatic carbocycles. The van der Waals surface area contributed by atoms with E-state index in [1.807, 2.05) is 0 Å². The first kappa shape index (κ1) is 7.99. The van der Waals surface area contributed by atoms with E-state index in [4.69, 9.17) is 0 Å². The Kier molecular flexibility index (Phi) is 1.49. The van der Waals surface area contributed by atoms with E-state index in [1.165, 1.54) is 11.6 Å². The lowest BCUT2D eigenvalue weighted by Crippen LogP contribution is -2.51. The zero-order valence-corrected chi connectivity index (χ0v) is 7.38. The van der Waals surface area contributed by atoms with E-state index in [1.54, 1.807) is 0 Å². The number of H-pyrrole nitrogens is 1.